The van der Waals surface area contributed by atoms with E-state index < -0.39 is 0 Å². The molecule has 0 aromatic carbocycles. The maximum atomic E-state index is 12.5. The van der Waals surface area contributed by atoms with E-state index in [0.29, 0.717) is 23.1 Å². The SMILES string of the molecule is CC(=O)Nc1cc2cc(C(=O)NC3CC4CCN(C4)C3)ncc2o1. The van der Waals surface area contributed by atoms with Crippen LogP contribution in [-0.2, 0) is 4.79 Å². The summed E-state index contributed by atoms with van der Waals surface area (Å²) in [4.78, 5) is 30.2. The zero-order valence-electron chi connectivity index (χ0n) is 13.5. The topological polar surface area (TPSA) is 87.5 Å². The first kappa shape index (κ1) is 15.1. The van der Waals surface area contributed by atoms with Crippen molar-refractivity contribution in [3.05, 3.63) is 24.0 Å². The van der Waals surface area contributed by atoms with Crippen LogP contribution < -0.4 is 10.6 Å². The fourth-order valence-corrected chi connectivity index (χ4v) is 3.73. The molecule has 0 saturated carbocycles. The highest BCUT2D eigenvalue weighted by Crippen LogP contribution is 2.27. The smallest absolute Gasteiger partial charge is 0.270 e. The van der Waals surface area contributed by atoms with Gasteiger partial charge in [-0.3, -0.25) is 14.9 Å². The zero-order chi connectivity index (χ0) is 16.7. The fraction of sp³-hybridized carbons (Fsp3) is 0.471. The summed E-state index contributed by atoms with van der Waals surface area (Å²) in [6.45, 7) is 4.64. The van der Waals surface area contributed by atoms with Gasteiger partial charge in [0.1, 0.15) is 5.69 Å². The molecule has 2 aromatic heterocycles. The predicted molar refractivity (Wildman–Crippen MR) is 88.7 cm³/mol. The number of aromatic nitrogens is 1. The van der Waals surface area contributed by atoms with Crippen LogP contribution in [0.5, 0.6) is 0 Å². The van der Waals surface area contributed by atoms with E-state index >= 15 is 0 Å². The van der Waals surface area contributed by atoms with E-state index in [1.165, 1.54) is 19.5 Å². The largest absolute Gasteiger partial charge is 0.439 e. The van der Waals surface area contributed by atoms with E-state index in [4.69, 9.17) is 4.42 Å². The van der Waals surface area contributed by atoms with Crippen LogP contribution in [0.2, 0.25) is 0 Å². The number of furan rings is 1. The lowest BCUT2D eigenvalue weighted by molar-refractivity contribution is -0.114. The molecule has 3 atom stereocenters. The maximum Gasteiger partial charge on any atom is 0.270 e. The number of nitrogens with zero attached hydrogens (tertiary/aromatic N) is 2. The van der Waals surface area contributed by atoms with Gasteiger partial charge in [-0.2, -0.15) is 0 Å². The summed E-state index contributed by atoms with van der Waals surface area (Å²) in [5.74, 6) is 0.690. The van der Waals surface area contributed by atoms with Crippen molar-refractivity contribution < 1.29 is 14.0 Å². The van der Waals surface area contributed by atoms with E-state index in [9.17, 15) is 9.59 Å². The highest BCUT2D eigenvalue weighted by atomic mass is 16.4. The molecule has 2 fully saturated rings. The second kappa shape index (κ2) is 5.90. The average molecular weight is 328 g/mol. The maximum absolute atomic E-state index is 12.5. The number of pyridine rings is 1. The molecule has 7 heteroatoms. The third-order valence-corrected chi connectivity index (χ3v) is 4.74. The van der Waals surface area contributed by atoms with Gasteiger partial charge >= 0.3 is 0 Å². The van der Waals surface area contributed by atoms with Crippen molar-refractivity contribution in [2.24, 2.45) is 5.92 Å². The molecule has 3 unspecified atom stereocenters. The minimum absolute atomic E-state index is 0.160. The molecule has 126 valence electrons. The number of rotatable bonds is 3. The van der Waals surface area contributed by atoms with Crippen molar-refractivity contribution in [2.45, 2.75) is 25.8 Å². The molecule has 2 aromatic rings. The third kappa shape index (κ3) is 2.99. The Balaban J connectivity index is 1.48. The number of hydrogen-bond acceptors (Lipinski definition) is 5. The minimum Gasteiger partial charge on any atom is -0.439 e. The Morgan fingerprint density at radius 1 is 1.33 bits per heavy atom. The van der Waals surface area contributed by atoms with E-state index in [1.54, 1.807) is 12.1 Å². The summed E-state index contributed by atoms with van der Waals surface area (Å²) in [5.41, 5.74) is 0.905. The number of piperidine rings is 1. The molecule has 2 bridgehead atoms. The number of carbonyl (C=O) groups is 2. The van der Waals surface area contributed by atoms with Gasteiger partial charge < -0.3 is 14.6 Å². The molecular weight excluding hydrogens is 308 g/mol. The summed E-state index contributed by atoms with van der Waals surface area (Å²) in [6, 6.07) is 3.58. The van der Waals surface area contributed by atoms with Crippen LogP contribution in [0.4, 0.5) is 5.88 Å². The average Bonchev–Trinajstić information content (AvgIpc) is 3.07. The molecule has 0 aliphatic carbocycles. The van der Waals surface area contributed by atoms with Gasteiger partial charge in [-0.1, -0.05) is 0 Å². The van der Waals surface area contributed by atoms with Crippen LogP contribution in [0.25, 0.3) is 11.0 Å². The lowest BCUT2D eigenvalue weighted by Crippen LogP contribution is -2.47. The molecule has 2 aliphatic rings. The highest BCUT2D eigenvalue weighted by Gasteiger charge is 2.33. The van der Waals surface area contributed by atoms with Crippen LogP contribution in [0.1, 0.15) is 30.3 Å². The first-order valence-corrected chi connectivity index (χ1v) is 8.27. The fourth-order valence-electron chi connectivity index (χ4n) is 3.73. The molecule has 0 spiro atoms. The van der Waals surface area contributed by atoms with Crippen LogP contribution >= 0.6 is 0 Å². The van der Waals surface area contributed by atoms with Crippen molar-refractivity contribution in [2.75, 3.05) is 25.0 Å². The predicted octanol–water partition coefficient (Wildman–Crippen LogP) is 1.61. The molecule has 2 N–H and O–H groups in total. The van der Waals surface area contributed by atoms with Crippen molar-refractivity contribution >= 4 is 28.7 Å². The Bertz CT molecular complexity index is 788. The summed E-state index contributed by atoms with van der Waals surface area (Å²) in [5, 5.41) is 6.42. The van der Waals surface area contributed by atoms with Gasteiger partial charge in [0.05, 0.1) is 6.20 Å². The lowest BCUT2D eigenvalue weighted by Gasteiger charge is -2.30. The number of fused-ring (bicyclic) bond motifs is 3. The van der Waals surface area contributed by atoms with Crippen LogP contribution in [0.15, 0.2) is 22.7 Å². The zero-order valence-corrected chi connectivity index (χ0v) is 13.5. The Morgan fingerprint density at radius 2 is 2.21 bits per heavy atom. The number of carbonyl (C=O) groups excluding carboxylic acids is 2. The minimum atomic E-state index is -0.207. The number of nitrogens with one attached hydrogen (secondary N) is 2. The normalized spacial score (nSPS) is 25.6. The summed E-state index contributed by atoms with van der Waals surface area (Å²) < 4.78 is 5.47. The van der Waals surface area contributed by atoms with Crippen LogP contribution in [-0.4, -0.2) is 47.4 Å². The first-order valence-electron chi connectivity index (χ1n) is 8.27. The Morgan fingerprint density at radius 3 is 3.00 bits per heavy atom. The molecule has 7 nitrogen and oxygen atoms in total. The van der Waals surface area contributed by atoms with Gasteiger partial charge in [0, 0.05) is 37.5 Å². The second-order valence-corrected chi connectivity index (χ2v) is 6.72. The Hall–Kier alpha value is -2.41. The van der Waals surface area contributed by atoms with Crippen molar-refractivity contribution in [1.82, 2.24) is 15.2 Å². The standard InChI is InChI=1S/C17H20N4O3/c1-10(22)19-16-6-12-5-14(18-7-15(12)24-16)17(23)20-13-4-11-2-3-21(8-11)9-13/h5-7,11,13H,2-4,8-9H2,1H3,(H,19,22)(H,20,23). The molecule has 24 heavy (non-hydrogen) atoms. The molecular formula is C17H20N4O3. The number of anilines is 1. The van der Waals surface area contributed by atoms with E-state index in [-0.39, 0.29) is 17.9 Å². The highest BCUT2D eigenvalue weighted by molar-refractivity contribution is 5.97. The molecule has 4 rings (SSSR count). The van der Waals surface area contributed by atoms with E-state index in [1.807, 2.05) is 0 Å². The molecule has 2 amide bonds. The Labute approximate surface area is 139 Å². The van der Waals surface area contributed by atoms with Gasteiger partial charge in [0.25, 0.3) is 5.91 Å². The quantitative estimate of drug-likeness (QED) is 0.894. The summed E-state index contributed by atoms with van der Waals surface area (Å²) >= 11 is 0. The second-order valence-electron chi connectivity index (χ2n) is 6.72. The Kier molecular flexibility index (Phi) is 3.72. The van der Waals surface area contributed by atoms with Gasteiger partial charge in [-0.05, 0) is 31.4 Å². The molecule has 4 heterocycles. The van der Waals surface area contributed by atoms with Crippen molar-refractivity contribution in [3.63, 3.8) is 0 Å². The summed E-state index contributed by atoms with van der Waals surface area (Å²) in [6.07, 6.45) is 3.80. The van der Waals surface area contributed by atoms with E-state index in [2.05, 4.69) is 20.5 Å². The van der Waals surface area contributed by atoms with Crippen molar-refractivity contribution in [3.8, 4) is 0 Å². The third-order valence-electron chi connectivity index (χ3n) is 4.74. The number of amides is 2. The molecule has 2 aliphatic heterocycles. The van der Waals surface area contributed by atoms with Gasteiger partial charge in [0.15, 0.2) is 5.58 Å². The first-order chi connectivity index (χ1) is 11.6. The van der Waals surface area contributed by atoms with Crippen molar-refractivity contribution in [1.29, 1.82) is 0 Å². The molecule has 0 radical (unpaired) electrons. The van der Waals surface area contributed by atoms with Gasteiger partial charge in [0.2, 0.25) is 11.8 Å². The number of hydrogen-bond donors (Lipinski definition) is 2. The van der Waals surface area contributed by atoms with Gasteiger partial charge in [-0.25, -0.2) is 4.98 Å². The lowest BCUT2D eigenvalue weighted by atomic mass is 9.97. The van der Waals surface area contributed by atoms with Crippen LogP contribution in [0.3, 0.4) is 0 Å². The molecule has 2 saturated heterocycles. The van der Waals surface area contributed by atoms with Gasteiger partial charge in [-0.15, -0.1) is 0 Å². The monoisotopic (exact) mass is 328 g/mol. The van der Waals surface area contributed by atoms with Crippen LogP contribution in [0, 0.1) is 5.92 Å². The summed E-state index contributed by atoms with van der Waals surface area (Å²) in [7, 11) is 0. The van der Waals surface area contributed by atoms with E-state index in [0.717, 1.165) is 31.4 Å².